The van der Waals surface area contributed by atoms with Crippen LogP contribution in [0.15, 0.2) is 41.8 Å². The van der Waals surface area contributed by atoms with Crippen molar-refractivity contribution in [2.24, 2.45) is 0 Å². The van der Waals surface area contributed by atoms with Crippen LogP contribution in [-0.2, 0) is 4.79 Å². The number of para-hydroxylation sites is 1. The second-order valence-corrected chi connectivity index (χ2v) is 6.74. The highest BCUT2D eigenvalue weighted by atomic mass is 32.1. The number of rotatable bonds is 4. The fourth-order valence-corrected chi connectivity index (χ4v) is 3.31. The zero-order valence-corrected chi connectivity index (χ0v) is 14.4. The highest BCUT2D eigenvalue weighted by Gasteiger charge is 2.24. The average Bonchev–Trinajstić information content (AvgIpc) is 3.08. The lowest BCUT2D eigenvalue weighted by Gasteiger charge is -2.17. The predicted molar refractivity (Wildman–Crippen MR) is 96.8 cm³/mol. The Hall–Kier alpha value is -2.67. The van der Waals surface area contributed by atoms with Crippen LogP contribution in [0.1, 0.15) is 39.3 Å². The van der Waals surface area contributed by atoms with Crippen molar-refractivity contribution in [3.63, 3.8) is 0 Å². The van der Waals surface area contributed by atoms with Gasteiger partial charge in [-0.25, -0.2) is 0 Å². The van der Waals surface area contributed by atoms with Gasteiger partial charge in [-0.1, -0.05) is 18.2 Å². The van der Waals surface area contributed by atoms with Gasteiger partial charge in [-0.05, 0) is 42.8 Å². The molecule has 3 N–H and O–H groups in total. The molecule has 0 unspecified atom stereocenters. The maximum Gasteiger partial charge on any atom is 0.265 e. The summed E-state index contributed by atoms with van der Waals surface area (Å²) in [5.41, 5.74) is 0.761. The second-order valence-electron chi connectivity index (χ2n) is 5.79. The standard InChI is InChI=1S/C18H19N3O3S/c22-16(21-14-8-3-4-10-19-17(14)23)12-6-1-2-7-13(12)20-18(24)15-9-5-11-25-15/h1-2,5-7,9,11,14H,3-4,8,10H2,(H,19,23)(H,20,24)(H,21,22)/t14-/m0/s1. The van der Waals surface area contributed by atoms with Gasteiger partial charge in [-0.3, -0.25) is 14.4 Å². The van der Waals surface area contributed by atoms with Gasteiger partial charge in [0.1, 0.15) is 6.04 Å². The van der Waals surface area contributed by atoms with Gasteiger partial charge in [0.15, 0.2) is 0 Å². The highest BCUT2D eigenvalue weighted by molar-refractivity contribution is 7.12. The molecule has 1 aliphatic heterocycles. The number of carbonyl (C=O) groups excluding carboxylic acids is 3. The van der Waals surface area contributed by atoms with Crippen LogP contribution in [0.25, 0.3) is 0 Å². The number of amides is 3. The minimum Gasteiger partial charge on any atom is -0.354 e. The van der Waals surface area contributed by atoms with Crippen LogP contribution in [0.4, 0.5) is 5.69 Å². The molecule has 7 heteroatoms. The lowest BCUT2D eigenvalue weighted by molar-refractivity contribution is -0.122. The Morgan fingerprint density at radius 2 is 1.92 bits per heavy atom. The molecule has 0 radical (unpaired) electrons. The van der Waals surface area contributed by atoms with E-state index in [4.69, 9.17) is 0 Å². The Kier molecular flexibility index (Phi) is 5.45. The molecule has 0 spiro atoms. The fraction of sp³-hybridized carbons (Fsp3) is 0.278. The Morgan fingerprint density at radius 1 is 1.08 bits per heavy atom. The van der Waals surface area contributed by atoms with Gasteiger partial charge in [0, 0.05) is 6.54 Å². The molecule has 2 aromatic rings. The van der Waals surface area contributed by atoms with E-state index in [9.17, 15) is 14.4 Å². The quantitative estimate of drug-likeness (QED) is 0.785. The summed E-state index contributed by atoms with van der Waals surface area (Å²) in [5.74, 6) is -0.794. The number of anilines is 1. The van der Waals surface area contributed by atoms with Crippen molar-refractivity contribution < 1.29 is 14.4 Å². The Morgan fingerprint density at radius 3 is 2.72 bits per heavy atom. The lowest BCUT2D eigenvalue weighted by Crippen LogP contribution is -2.45. The topological polar surface area (TPSA) is 87.3 Å². The molecule has 3 rings (SSSR count). The van der Waals surface area contributed by atoms with E-state index in [1.54, 1.807) is 36.4 Å². The van der Waals surface area contributed by atoms with Crippen molar-refractivity contribution in [3.05, 3.63) is 52.2 Å². The highest BCUT2D eigenvalue weighted by Crippen LogP contribution is 2.18. The SMILES string of the molecule is O=C(Nc1ccccc1C(=O)N[C@H]1CCCCNC1=O)c1cccs1. The van der Waals surface area contributed by atoms with Gasteiger partial charge in [-0.2, -0.15) is 0 Å². The monoisotopic (exact) mass is 357 g/mol. The van der Waals surface area contributed by atoms with Gasteiger partial charge in [-0.15, -0.1) is 11.3 Å². The molecular formula is C18H19N3O3S. The summed E-state index contributed by atoms with van der Waals surface area (Å²) < 4.78 is 0. The summed E-state index contributed by atoms with van der Waals surface area (Å²) in [6.07, 6.45) is 2.40. The van der Waals surface area contributed by atoms with Crippen LogP contribution >= 0.6 is 11.3 Å². The second kappa shape index (κ2) is 7.94. The number of thiophene rings is 1. The van der Waals surface area contributed by atoms with Crippen molar-refractivity contribution in [3.8, 4) is 0 Å². The van der Waals surface area contributed by atoms with Crippen molar-refractivity contribution in [1.29, 1.82) is 0 Å². The van der Waals surface area contributed by atoms with Gasteiger partial charge < -0.3 is 16.0 Å². The Bertz CT molecular complexity index is 774. The Labute approximate surface area is 149 Å². The van der Waals surface area contributed by atoms with Crippen LogP contribution in [0, 0.1) is 0 Å². The molecule has 0 bridgehead atoms. The lowest BCUT2D eigenvalue weighted by atomic mass is 10.1. The summed E-state index contributed by atoms with van der Waals surface area (Å²) in [5, 5.41) is 10.2. The van der Waals surface area contributed by atoms with E-state index in [0.29, 0.717) is 29.1 Å². The number of nitrogens with one attached hydrogen (secondary N) is 3. The summed E-state index contributed by atoms with van der Waals surface area (Å²) in [6.45, 7) is 0.638. The molecule has 25 heavy (non-hydrogen) atoms. The third kappa shape index (κ3) is 4.24. The molecular weight excluding hydrogens is 338 g/mol. The fourth-order valence-electron chi connectivity index (χ4n) is 2.69. The molecule has 1 atom stereocenters. The molecule has 0 aliphatic carbocycles. The van der Waals surface area contributed by atoms with E-state index in [1.165, 1.54) is 11.3 Å². The number of carbonyl (C=O) groups is 3. The Balaban J connectivity index is 1.74. The van der Waals surface area contributed by atoms with Crippen molar-refractivity contribution in [2.75, 3.05) is 11.9 Å². The van der Waals surface area contributed by atoms with Crippen LogP contribution in [0.5, 0.6) is 0 Å². The molecule has 1 aromatic heterocycles. The van der Waals surface area contributed by atoms with E-state index < -0.39 is 6.04 Å². The minimum absolute atomic E-state index is 0.161. The van der Waals surface area contributed by atoms with Crippen LogP contribution in [0.3, 0.4) is 0 Å². The van der Waals surface area contributed by atoms with Crippen LogP contribution in [-0.4, -0.2) is 30.3 Å². The van der Waals surface area contributed by atoms with E-state index in [-0.39, 0.29) is 17.7 Å². The average molecular weight is 357 g/mol. The zero-order valence-electron chi connectivity index (χ0n) is 13.6. The first-order chi connectivity index (χ1) is 12.1. The first kappa shape index (κ1) is 17.2. The molecule has 1 aliphatic rings. The van der Waals surface area contributed by atoms with Crippen LogP contribution < -0.4 is 16.0 Å². The maximum atomic E-state index is 12.6. The van der Waals surface area contributed by atoms with Crippen molar-refractivity contribution >= 4 is 34.7 Å². The summed E-state index contributed by atoms with van der Waals surface area (Å²) in [6, 6.07) is 9.75. The molecule has 2 heterocycles. The first-order valence-corrected chi connectivity index (χ1v) is 9.05. The largest absolute Gasteiger partial charge is 0.354 e. The predicted octanol–water partition coefficient (Wildman–Crippen LogP) is 2.40. The number of hydrogen-bond acceptors (Lipinski definition) is 4. The summed E-state index contributed by atoms with van der Waals surface area (Å²) >= 11 is 1.33. The minimum atomic E-state index is -0.545. The normalized spacial score (nSPS) is 17.3. The zero-order chi connectivity index (χ0) is 17.6. The molecule has 1 fully saturated rings. The van der Waals surface area contributed by atoms with Crippen LogP contribution in [0.2, 0.25) is 0 Å². The number of benzene rings is 1. The molecule has 1 aromatic carbocycles. The van der Waals surface area contributed by atoms with Gasteiger partial charge in [0.25, 0.3) is 11.8 Å². The number of hydrogen-bond donors (Lipinski definition) is 3. The molecule has 6 nitrogen and oxygen atoms in total. The molecule has 1 saturated heterocycles. The third-order valence-electron chi connectivity index (χ3n) is 4.01. The van der Waals surface area contributed by atoms with E-state index >= 15 is 0 Å². The third-order valence-corrected chi connectivity index (χ3v) is 4.87. The van der Waals surface area contributed by atoms with E-state index in [2.05, 4.69) is 16.0 Å². The molecule has 130 valence electrons. The smallest absolute Gasteiger partial charge is 0.265 e. The molecule has 0 saturated carbocycles. The van der Waals surface area contributed by atoms with Gasteiger partial charge >= 0.3 is 0 Å². The maximum absolute atomic E-state index is 12.6. The van der Waals surface area contributed by atoms with E-state index in [0.717, 1.165) is 12.8 Å². The summed E-state index contributed by atoms with van der Waals surface area (Å²) in [7, 11) is 0. The van der Waals surface area contributed by atoms with Crippen molar-refractivity contribution in [2.45, 2.75) is 25.3 Å². The summed E-state index contributed by atoms with van der Waals surface area (Å²) in [4.78, 5) is 37.4. The molecule has 3 amide bonds. The van der Waals surface area contributed by atoms with Gasteiger partial charge in [0.05, 0.1) is 16.1 Å². The first-order valence-electron chi connectivity index (χ1n) is 8.17. The van der Waals surface area contributed by atoms with Crippen molar-refractivity contribution in [1.82, 2.24) is 10.6 Å². The van der Waals surface area contributed by atoms with E-state index in [1.807, 2.05) is 5.38 Å². The van der Waals surface area contributed by atoms with Gasteiger partial charge in [0.2, 0.25) is 5.91 Å².